The fourth-order valence-corrected chi connectivity index (χ4v) is 0.923. The van der Waals surface area contributed by atoms with E-state index in [1.807, 2.05) is 0 Å². The Morgan fingerprint density at radius 1 is 1.46 bits per heavy atom. The van der Waals surface area contributed by atoms with Crippen LogP contribution in [0.1, 0.15) is 12.0 Å². The fourth-order valence-electron chi connectivity index (χ4n) is 0.811. The molecule has 0 atom stereocenters. The number of halogens is 1. The molecule has 0 aromatic heterocycles. The van der Waals surface area contributed by atoms with E-state index in [0.29, 0.717) is 17.7 Å². The molecule has 0 bridgehead atoms. The molecule has 0 radical (unpaired) electrons. The summed E-state index contributed by atoms with van der Waals surface area (Å²) >= 11 is 3.99. The molecule has 0 saturated heterocycles. The molecular weight excluding hydrogens is 187 g/mol. The van der Waals surface area contributed by atoms with Crippen LogP contribution in [0.15, 0.2) is 18.2 Å². The van der Waals surface area contributed by atoms with Crippen LogP contribution in [0.3, 0.4) is 0 Å². The Kier molecular flexibility index (Phi) is 3.66. The van der Waals surface area contributed by atoms with E-state index in [4.69, 9.17) is 5.11 Å². The monoisotopic (exact) mass is 196 g/mol. The minimum absolute atomic E-state index is 0.363. The highest BCUT2D eigenvalue weighted by molar-refractivity contribution is 7.80. The van der Waals surface area contributed by atoms with Crippen molar-refractivity contribution in [3.8, 4) is 17.6 Å². The topological polar surface area (TPSA) is 20.2 Å². The minimum atomic E-state index is -0.625. The Hall–Kier alpha value is -1.14. The summed E-state index contributed by atoms with van der Waals surface area (Å²) in [5, 5.41) is 9.00. The molecule has 0 aliphatic heterocycles. The molecule has 0 saturated carbocycles. The number of rotatable bonds is 1. The zero-order chi connectivity index (χ0) is 9.68. The summed E-state index contributed by atoms with van der Waals surface area (Å²) in [7, 11) is 0. The largest absolute Gasteiger partial charge is 0.505 e. The average Bonchev–Trinajstić information content (AvgIpc) is 2.12. The van der Waals surface area contributed by atoms with Crippen molar-refractivity contribution in [3.05, 3.63) is 29.6 Å². The van der Waals surface area contributed by atoms with E-state index in [1.54, 1.807) is 0 Å². The van der Waals surface area contributed by atoms with Crippen LogP contribution in [0.25, 0.3) is 0 Å². The third-order valence-corrected chi connectivity index (χ3v) is 1.64. The standard InChI is InChI=1S/C10H9FOS/c11-9-5-4-8(7-10(9)12)3-1-2-6-13/h4-5,7,12-13H,2,6H2. The van der Waals surface area contributed by atoms with Gasteiger partial charge in [-0.1, -0.05) is 11.8 Å². The van der Waals surface area contributed by atoms with Crippen LogP contribution in [-0.4, -0.2) is 10.9 Å². The van der Waals surface area contributed by atoms with Crippen LogP contribution < -0.4 is 0 Å². The quantitative estimate of drug-likeness (QED) is 0.521. The van der Waals surface area contributed by atoms with E-state index in [1.165, 1.54) is 18.2 Å². The molecule has 0 amide bonds. The zero-order valence-electron chi connectivity index (χ0n) is 6.92. The maximum Gasteiger partial charge on any atom is 0.164 e. The Bertz CT molecular complexity index is 352. The predicted octanol–water partition coefficient (Wildman–Crippen LogP) is 2.20. The second kappa shape index (κ2) is 4.78. The van der Waals surface area contributed by atoms with Gasteiger partial charge in [-0.05, 0) is 18.2 Å². The summed E-state index contributed by atoms with van der Waals surface area (Å²) in [6, 6.07) is 4.03. The van der Waals surface area contributed by atoms with E-state index in [-0.39, 0.29) is 5.75 Å². The van der Waals surface area contributed by atoms with Crippen LogP contribution in [0, 0.1) is 17.7 Å². The highest BCUT2D eigenvalue weighted by Gasteiger charge is 1.98. The molecule has 3 heteroatoms. The van der Waals surface area contributed by atoms with Gasteiger partial charge in [0.05, 0.1) is 0 Å². The summed E-state index contributed by atoms with van der Waals surface area (Å²) in [5.74, 6) is 5.33. The molecule has 1 aromatic rings. The lowest BCUT2D eigenvalue weighted by atomic mass is 10.2. The van der Waals surface area contributed by atoms with Gasteiger partial charge in [-0.25, -0.2) is 4.39 Å². The molecule has 0 unspecified atom stereocenters. The maximum atomic E-state index is 12.6. The number of thiol groups is 1. The lowest BCUT2D eigenvalue weighted by molar-refractivity contribution is 0.432. The van der Waals surface area contributed by atoms with Crippen LogP contribution in [-0.2, 0) is 0 Å². The highest BCUT2D eigenvalue weighted by atomic mass is 32.1. The van der Waals surface area contributed by atoms with Crippen molar-refractivity contribution < 1.29 is 9.50 Å². The summed E-state index contributed by atoms with van der Waals surface area (Å²) in [5.41, 5.74) is 0.612. The van der Waals surface area contributed by atoms with Crippen LogP contribution in [0.5, 0.6) is 5.75 Å². The van der Waals surface area contributed by atoms with Gasteiger partial charge < -0.3 is 5.11 Å². The normalized spacial score (nSPS) is 9.08. The first-order valence-corrected chi connectivity index (χ1v) is 4.45. The Morgan fingerprint density at radius 3 is 2.85 bits per heavy atom. The first-order chi connectivity index (χ1) is 6.24. The Morgan fingerprint density at radius 2 is 2.23 bits per heavy atom. The molecule has 0 aliphatic carbocycles. The number of benzene rings is 1. The average molecular weight is 196 g/mol. The van der Waals surface area contributed by atoms with E-state index in [2.05, 4.69) is 24.5 Å². The van der Waals surface area contributed by atoms with Gasteiger partial charge in [0.25, 0.3) is 0 Å². The van der Waals surface area contributed by atoms with Gasteiger partial charge in [0, 0.05) is 17.7 Å². The lowest BCUT2D eigenvalue weighted by Crippen LogP contribution is -1.79. The third-order valence-electron chi connectivity index (χ3n) is 1.42. The van der Waals surface area contributed by atoms with E-state index < -0.39 is 5.82 Å². The number of aromatic hydroxyl groups is 1. The first-order valence-electron chi connectivity index (χ1n) is 3.82. The van der Waals surface area contributed by atoms with Crippen LogP contribution in [0.4, 0.5) is 4.39 Å². The molecule has 0 heterocycles. The summed E-state index contributed by atoms with van der Waals surface area (Å²) < 4.78 is 12.6. The van der Waals surface area contributed by atoms with Gasteiger partial charge in [0.1, 0.15) is 0 Å². The first kappa shape index (κ1) is 9.94. The van der Waals surface area contributed by atoms with Crippen LogP contribution >= 0.6 is 12.6 Å². The molecule has 68 valence electrons. The molecular formula is C10H9FOS. The SMILES string of the molecule is Oc1cc(C#CCCS)ccc1F. The van der Waals surface area contributed by atoms with Gasteiger partial charge in [0.2, 0.25) is 0 Å². The van der Waals surface area contributed by atoms with Crippen molar-refractivity contribution in [2.75, 3.05) is 5.75 Å². The minimum Gasteiger partial charge on any atom is -0.505 e. The van der Waals surface area contributed by atoms with E-state index in [0.717, 1.165) is 0 Å². The van der Waals surface area contributed by atoms with Crippen molar-refractivity contribution in [1.82, 2.24) is 0 Å². The second-order valence-corrected chi connectivity index (χ2v) is 2.89. The molecule has 13 heavy (non-hydrogen) atoms. The number of hydrogen-bond donors (Lipinski definition) is 2. The number of phenolic OH excluding ortho intramolecular Hbond substituents is 1. The molecule has 0 fully saturated rings. The fraction of sp³-hybridized carbons (Fsp3) is 0.200. The highest BCUT2D eigenvalue weighted by Crippen LogP contribution is 2.15. The van der Waals surface area contributed by atoms with Crippen molar-refractivity contribution in [2.24, 2.45) is 0 Å². The second-order valence-electron chi connectivity index (χ2n) is 2.44. The smallest absolute Gasteiger partial charge is 0.164 e. The number of hydrogen-bond acceptors (Lipinski definition) is 2. The van der Waals surface area contributed by atoms with E-state index >= 15 is 0 Å². The van der Waals surface area contributed by atoms with Gasteiger partial charge >= 0.3 is 0 Å². The van der Waals surface area contributed by atoms with Gasteiger partial charge in [-0.2, -0.15) is 12.6 Å². The zero-order valence-corrected chi connectivity index (χ0v) is 7.81. The summed E-state index contributed by atoms with van der Waals surface area (Å²) in [6.45, 7) is 0. The van der Waals surface area contributed by atoms with Crippen molar-refractivity contribution in [2.45, 2.75) is 6.42 Å². The Labute approximate surface area is 82.0 Å². The van der Waals surface area contributed by atoms with Gasteiger partial charge in [-0.15, -0.1) is 0 Å². The summed E-state index contributed by atoms with van der Waals surface area (Å²) in [4.78, 5) is 0. The van der Waals surface area contributed by atoms with E-state index in [9.17, 15) is 4.39 Å². The van der Waals surface area contributed by atoms with Crippen molar-refractivity contribution >= 4 is 12.6 Å². The van der Waals surface area contributed by atoms with Gasteiger partial charge in [-0.3, -0.25) is 0 Å². The van der Waals surface area contributed by atoms with Crippen molar-refractivity contribution in [3.63, 3.8) is 0 Å². The third kappa shape index (κ3) is 3.00. The molecule has 0 aliphatic rings. The molecule has 1 N–H and O–H groups in total. The Balaban J connectivity index is 2.81. The van der Waals surface area contributed by atoms with Gasteiger partial charge in [0.15, 0.2) is 11.6 Å². The molecule has 1 rings (SSSR count). The maximum absolute atomic E-state index is 12.6. The summed E-state index contributed by atoms with van der Waals surface area (Å²) in [6.07, 6.45) is 0.682. The molecule has 0 spiro atoms. The molecule has 1 nitrogen and oxygen atoms in total. The lowest BCUT2D eigenvalue weighted by Gasteiger charge is -1.94. The number of phenols is 1. The van der Waals surface area contributed by atoms with Crippen molar-refractivity contribution in [1.29, 1.82) is 0 Å². The predicted molar refractivity (Wildman–Crippen MR) is 53.4 cm³/mol. The molecule has 1 aromatic carbocycles. The van der Waals surface area contributed by atoms with Crippen LogP contribution in [0.2, 0.25) is 0 Å².